The summed E-state index contributed by atoms with van der Waals surface area (Å²) in [6, 6.07) is 10.9. The largest absolute Gasteiger partial charge is 0.495 e. The van der Waals surface area contributed by atoms with E-state index >= 15 is 0 Å². The third-order valence-electron chi connectivity index (χ3n) is 5.79. The molecule has 1 aliphatic heterocycles. The van der Waals surface area contributed by atoms with Gasteiger partial charge in [0.2, 0.25) is 0 Å². The Morgan fingerprint density at radius 2 is 1.77 bits per heavy atom. The van der Waals surface area contributed by atoms with Crippen LogP contribution < -0.4 is 19.1 Å². The molecule has 0 radical (unpaired) electrons. The highest BCUT2D eigenvalue weighted by atomic mass is 35.5. The van der Waals surface area contributed by atoms with E-state index in [1.807, 2.05) is 0 Å². The number of hydrogen-bond acceptors (Lipinski definition) is 7. The van der Waals surface area contributed by atoms with Gasteiger partial charge in [-0.25, -0.2) is 13.2 Å². The average Bonchev–Trinajstić information content (AvgIpc) is 2.92. The number of benzene rings is 3. The number of alkyl halides is 3. The van der Waals surface area contributed by atoms with Gasteiger partial charge in [-0.3, -0.25) is 9.10 Å². The minimum atomic E-state index is -4.98. The van der Waals surface area contributed by atoms with Crippen LogP contribution in [0.15, 0.2) is 59.5 Å². The van der Waals surface area contributed by atoms with Crippen LogP contribution in [-0.2, 0) is 20.9 Å². The Kier molecular flexibility index (Phi) is 8.17. The quantitative estimate of drug-likeness (QED) is 0.363. The van der Waals surface area contributed by atoms with Crippen molar-refractivity contribution in [3.63, 3.8) is 0 Å². The monoisotopic (exact) mass is 598 g/mol. The van der Waals surface area contributed by atoms with Gasteiger partial charge in [0.05, 0.1) is 31.5 Å². The molecule has 0 saturated carbocycles. The number of esters is 1. The van der Waals surface area contributed by atoms with Crippen LogP contribution in [0.5, 0.6) is 11.5 Å². The summed E-state index contributed by atoms with van der Waals surface area (Å²) >= 11 is 6.00. The smallest absolute Gasteiger partial charge is 0.420 e. The second-order valence-corrected chi connectivity index (χ2v) is 10.6. The normalized spacial score (nSPS) is 13.2. The molecule has 0 bridgehead atoms. The fourth-order valence-electron chi connectivity index (χ4n) is 3.97. The summed E-state index contributed by atoms with van der Waals surface area (Å²) in [6.45, 7) is 1.08. The van der Waals surface area contributed by atoms with Crippen molar-refractivity contribution in [2.75, 3.05) is 36.5 Å². The number of ether oxygens (including phenoxy) is 3. The lowest BCUT2D eigenvalue weighted by atomic mass is 10.1. The van der Waals surface area contributed by atoms with Gasteiger partial charge in [0.25, 0.3) is 15.9 Å². The predicted molar refractivity (Wildman–Crippen MR) is 140 cm³/mol. The van der Waals surface area contributed by atoms with Gasteiger partial charge >= 0.3 is 12.1 Å². The molecule has 40 heavy (non-hydrogen) atoms. The Bertz CT molecular complexity index is 1560. The van der Waals surface area contributed by atoms with Crippen molar-refractivity contribution in [1.82, 2.24) is 0 Å². The van der Waals surface area contributed by atoms with Crippen molar-refractivity contribution < 1.29 is 45.4 Å². The Labute approximate surface area is 232 Å². The van der Waals surface area contributed by atoms with Crippen LogP contribution in [-0.4, -0.2) is 47.2 Å². The highest BCUT2D eigenvalue weighted by Crippen LogP contribution is 2.46. The number of halogens is 4. The SMILES string of the molecule is CCOC(=O)c1ccc(NC(=O)c2cc3c(c(C(F)(F)F)c2)OCCN3S(=O)(=O)c2cc(Cl)ccc2OC)cc1. The molecule has 0 aliphatic carbocycles. The molecule has 4 rings (SSSR count). The summed E-state index contributed by atoms with van der Waals surface area (Å²) in [6.07, 6.45) is -4.98. The van der Waals surface area contributed by atoms with Gasteiger partial charge in [-0.2, -0.15) is 13.2 Å². The zero-order valence-electron chi connectivity index (χ0n) is 21.0. The van der Waals surface area contributed by atoms with Crippen molar-refractivity contribution >= 4 is 44.9 Å². The van der Waals surface area contributed by atoms with Crippen molar-refractivity contribution in [2.45, 2.75) is 18.0 Å². The maximum Gasteiger partial charge on any atom is 0.420 e. The Morgan fingerprint density at radius 1 is 1.07 bits per heavy atom. The van der Waals surface area contributed by atoms with Crippen LogP contribution in [0, 0.1) is 0 Å². The lowest BCUT2D eigenvalue weighted by Gasteiger charge is -2.32. The lowest BCUT2D eigenvalue weighted by molar-refractivity contribution is -0.139. The van der Waals surface area contributed by atoms with Crippen LogP contribution in [0.4, 0.5) is 24.5 Å². The number of nitrogens with one attached hydrogen (secondary N) is 1. The van der Waals surface area contributed by atoms with Crippen molar-refractivity contribution in [2.24, 2.45) is 0 Å². The van der Waals surface area contributed by atoms with Gasteiger partial charge in [-0.05, 0) is 61.5 Å². The number of sulfonamides is 1. The molecule has 212 valence electrons. The second kappa shape index (κ2) is 11.3. The van der Waals surface area contributed by atoms with Crippen LogP contribution in [0.25, 0.3) is 0 Å². The Hall–Kier alpha value is -3.97. The average molecular weight is 599 g/mol. The number of hydrogen-bond donors (Lipinski definition) is 1. The summed E-state index contributed by atoms with van der Waals surface area (Å²) < 4.78 is 85.6. The number of carbonyl (C=O) groups is 2. The molecule has 9 nitrogen and oxygen atoms in total. The van der Waals surface area contributed by atoms with E-state index in [0.29, 0.717) is 6.07 Å². The van der Waals surface area contributed by atoms with E-state index in [0.717, 1.165) is 16.4 Å². The van der Waals surface area contributed by atoms with Gasteiger partial charge < -0.3 is 19.5 Å². The number of rotatable bonds is 7. The Balaban J connectivity index is 1.77. The summed E-state index contributed by atoms with van der Waals surface area (Å²) in [7, 11) is -3.29. The predicted octanol–water partition coefficient (Wildman–Crippen LogP) is 5.38. The molecule has 1 N–H and O–H groups in total. The number of fused-ring (bicyclic) bond motifs is 1. The summed E-state index contributed by atoms with van der Waals surface area (Å²) in [5, 5.41) is 2.51. The minimum Gasteiger partial charge on any atom is -0.495 e. The molecule has 1 heterocycles. The Morgan fingerprint density at radius 3 is 2.40 bits per heavy atom. The van der Waals surface area contributed by atoms with E-state index in [1.165, 1.54) is 43.5 Å². The molecule has 14 heteroatoms. The third-order valence-corrected chi connectivity index (χ3v) is 7.86. The molecule has 1 amide bonds. The standard InChI is InChI=1S/C26H22ClF3N2O7S/c1-3-38-25(34)15-4-7-18(8-5-15)31-24(33)16-12-19(26(28,29)30)23-20(13-16)32(10-11-39-23)40(35,36)22-14-17(27)6-9-21(22)37-2/h4-9,12-14H,3,10-11H2,1-2H3,(H,31,33). The number of carbonyl (C=O) groups excluding carboxylic acids is 2. The van der Waals surface area contributed by atoms with Gasteiger partial charge in [-0.15, -0.1) is 0 Å². The molecular formula is C26H22ClF3N2O7S. The molecule has 0 spiro atoms. The van der Waals surface area contributed by atoms with Crippen LogP contribution in [0.1, 0.15) is 33.2 Å². The van der Waals surface area contributed by atoms with Gasteiger partial charge in [0.1, 0.15) is 22.8 Å². The maximum atomic E-state index is 14.1. The molecule has 0 aromatic heterocycles. The summed E-state index contributed by atoms with van der Waals surface area (Å²) in [5.74, 6) is -2.35. The van der Waals surface area contributed by atoms with Gasteiger partial charge in [-0.1, -0.05) is 11.6 Å². The van der Waals surface area contributed by atoms with E-state index in [1.54, 1.807) is 6.92 Å². The highest BCUT2D eigenvalue weighted by Gasteiger charge is 2.41. The van der Waals surface area contributed by atoms with Crippen molar-refractivity contribution in [1.29, 1.82) is 0 Å². The molecule has 0 fully saturated rings. The topological polar surface area (TPSA) is 111 Å². The van der Waals surface area contributed by atoms with E-state index in [4.69, 9.17) is 25.8 Å². The van der Waals surface area contributed by atoms with Crippen LogP contribution >= 0.6 is 11.6 Å². The van der Waals surface area contributed by atoms with Crippen molar-refractivity contribution in [3.8, 4) is 11.5 Å². The second-order valence-electron chi connectivity index (χ2n) is 8.34. The fourth-order valence-corrected chi connectivity index (χ4v) is 5.84. The number of methoxy groups -OCH3 is 1. The molecule has 3 aromatic carbocycles. The first-order valence-corrected chi connectivity index (χ1v) is 13.5. The first-order chi connectivity index (χ1) is 18.9. The van der Waals surface area contributed by atoms with E-state index in [-0.39, 0.29) is 46.7 Å². The maximum absolute atomic E-state index is 14.1. The van der Waals surface area contributed by atoms with Gasteiger partial charge in [0, 0.05) is 16.3 Å². The van der Waals surface area contributed by atoms with Crippen LogP contribution in [0.3, 0.4) is 0 Å². The van der Waals surface area contributed by atoms with E-state index in [9.17, 15) is 31.2 Å². The first kappa shape index (κ1) is 29.0. The summed E-state index contributed by atoms with van der Waals surface area (Å²) in [5.41, 5.74) is -1.91. The first-order valence-electron chi connectivity index (χ1n) is 11.7. The molecule has 0 unspecified atom stereocenters. The summed E-state index contributed by atoms with van der Waals surface area (Å²) in [4.78, 5) is 24.5. The third kappa shape index (κ3) is 5.80. The highest BCUT2D eigenvalue weighted by molar-refractivity contribution is 7.93. The lowest BCUT2D eigenvalue weighted by Crippen LogP contribution is -2.39. The zero-order valence-corrected chi connectivity index (χ0v) is 22.6. The fraction of sp³-hybridized carbons (Fsp3) is 0.231. The molecular weight excluding hydrogens is 577 g/mol. The van der Waals surface area contributed by atoms with Crippen molar-refractivity contribution in [3.05, 3.63) is 76.3 Å². The zero-order chi connectivity index (χ0) is 29.2. The molecule has 3 aromatic rings. The molecule has 0 saturated heterocycles. The minimum absolute atomic E-state index is 0.0611. The van der Waals surface area contributed by atoms with E-state index < -0.39 is 50.6 Å². The molecule has 1 aliphatic rings. The number of anilines is 2. The number of nitrogens with zero attached hydrogens (tertiary/aromatic N) is 1. The van der Waals surface area contributed by atoms with Gasteiger partial charge in [0.15, 0.2) is 5.75 Å². The number of amides is 1. The van der Waals surface area contributed by atoms with Crippen LogP contribution in [0.2, 0.25) is 5.02 Å². The van der Waals surface area contributed by atoms with E-state index in [2.05, 4.69) is 5.32 Å². The molecule has 0 atom stereocenters.